The Kier molecular flexibility index (Phi) is 7.87. The fourth-order valence-electron chi connectivity index (χ4n) is 4.85. The minimum atomic E-state index is -1.52. The third-order valence-corrected chi connectivity index (χ3v) is 7.83. The second-order valence-corrected chi connectivity index (χ2v) is 12.7. The number of thioether (sulfide) groups is 1. The van der Waals surface area contributed by atoms with Crippen LogP contribution in [0.3, 0.4) is 0 Å². The molecule has 1 aromatic carbocycles. The fraction of sp³-hybridized carbons (Fsp3) is 0.630. The molecule has 8 heteroatoms. The van der Waals surface area contributed by atoms with Gasteiger partial charge < -0.3 is 20.1 Å². The van der Waals surface area contributed by atoms with Gasteiger partial charge in [0.1, 0.15) is 11.5 Å². The summed E-state index contributed by atoms with van der Waals surface area (Å²) in [5.74, 6) is 0.0598. The smallest absolute Gasteiger partial charge is 0.337 e. The minimum Gasteiger partial charge on any atom is -0.507 e. The number of hydrogen-bond acceptors (Lipinski definition) is 6. The molecule has 0 spiro atoms. The Morgan fingerprint density at radius 3 is 2.23 bits per heavy atom. The lowest BCUT2D eigenvalue weighted by atomic mass is 9.79. The molecule has 0 saturated carbocycles. The fourth-order valence-corrected chi connectivity index (χ4v) is 5.83. The summed E-state index contributed by atoms with van der Waals surface area (Å²) in [6, 6.07) is 4.15. The monoisotopic (exact) mass is 505 g/mol. The van der Waals surface area contributed by atoms with Gasteiger partial charge in [-0.2, -0.15) is 0 Å². The van der Waals surface area contributed by atoms with E-state index < -0.39 is 17.7 Å². The molecule has 194 valence electrons. The number of phenolic OH excluding ortho intramolecular Hbond substituents is 1. The van der Waals surface area contributed by atoms with E-state index in [0.717, 1.165) is 34.6 Å². The summed E-state index contributed by atoms with van der Waals surface area (Å²) in [4.78, 5) is 26.9. The number of carboxylic acids is 1. The number of carbonyl (C=O) groups is 2. The number of hydrogen-bond donors (Lipinski definition) is 3. The number of aliphatic hydroxyl groups is 1. The average molecular weight is 506 g/mol. The lowest BCUT2D eigenvalue weighted by Gasteiger charge is -2.40. The summed E-state index contributed by atoms with van der Waals surface area (Å²) < 4.78 is 5.67. The molecule has 2 heterocycles. The second-order valence-electron chi connectivity index (χ2n) is 11.5. The van der Waals surface area contributed by atoms with Crippen molar-refractivity contribution in [2.24, 2.45) is 0 Å². The molecule has 0 aliphatic carbocycles. The number of amides is 1. The normalized spacial score (nSPS) is 23.3. The zero-order valence-electron chi connectivity index (χ0n) is 21.7. The van der Waals surface area contributed by atoms with Crippen LogP contribution in [0.1, 0.15) is 84.8 Å². The first kappa shape index (κ1) is 27.4. The van der Waals surface area contributed by atoms with Crippen LogP contribution in [0.5, 0.6) is 5.75 Å². The summed E-state index contributed by atoms with van der Waals surface area (Å²) in [6.07, 6.45) is 3.55. The van der Waals surface area contributed by atoms with E-state index in [1.165, 1.54) is 11.0 Å². The zero-order chi connectivity index (χ0) is 26.2. The second kappa shape index (κ2) is 10.1. The van der Waals surface area contributed by atoms with Crippen LogP contribution in [0.4, 0.5) is 0 Å². The molecule has 2 saturated heterocycles. The van der Waals surface area contributed by atoms with E-state index >= 15 is 0 Å². The number of carbonyl (C=O) groups excluding carboxylic acids is 1. The van der Waals surface area contributed by atoms with Crippen molar-refractivity contribution in [1.82, 2.24) is 4.90 Å². The number of aliphatic hydroxyl groups excluding tert-OH is 1. The lowest BCUT2D eigenvalue weighted by Crippen LogP contribution is -2.62. The van der Waals surface area contributed by atoms with Crippen LogP contribution < -0.4 is 0 Å². The SMILES string of the molecule is CC(C)(C)c1cc(SCCCCC[C@]2(C(=O)O)/C(=C/CO)O[C@@H]3CC(=O)N32)cc(C(C)(C)C)c1O. The standard InChI is InChI=1S/C27H39NO6S/c1-25(2,3)18-14-17(15-19(23(18)31)26(4,5)6)35-13-9-7-8-11-27(24(32)33)20(10-12-29)34-22-16-21(30)28(22)27/h10,14-15,22,29,31H,7-9,11-13,16H2,1-6H3,(H,32,33)/b20-10-/t22-,27-/m1/s1. The van der Waals surface area contributed by atoms with Crippen molar-refractivity contribution in [3.05, 3.63) is 35.1 Å². The Bertz CT molecular complexity index is 971. The van der Waals surface area contributed by atoms with Gasteiger partial charge in [-0.25, -0.2) is 4.79 Å². The summed E-state index contributed by atoms with van der Waals surface area (Å²) in [5.41, 5.74) is 0.00110. The first-order valence-electron chi connectivity index (χ1n) is 12.3. The molecule has 1 aromatic rings. The molecule has 0 radical (unpaired) electrons. The molecule has 7 nitrogen and oxygen atoms in total. The van der Waals surface area contributed by atoms with Gasteiger partial charge in [-0.1, -0.05) is 48.0 Å². The number of rotatable bonds is 9. The van der Waals surface area contributed by atoms with Crippen molar-refractivity contribution < 1.29 is 29.6 Å². The van der Waals surface area contributed by atoms with E-state index in [1.807, 2.05) is 0 Å². The molecule has 0 unspecified atom stereocenters. The quantitative estimate of drug-likeness (QED) is 0.248. The highest BCUT2D eigenvalue weighted by atomic mass is 32.2. The van der Waals surface area contributed by atoms with Gasteiger partial charge in [0.15, 0.2) is 6.23 Å². The minimum absolute atomic E-state index is 0.172. The summed E-state index contributed by atoms with van der Waals surface area (Å²) in [7, 11) is 0. The predicted octanol–water partition coefficient (Wildman–Crippen LogP) is 4.93. The Morgan fingerprint density at radius 2 is 1.74 bits per heavy atom. The van der Waals surface area contributed by atoms with E-state index in [2.05, 4.69) is 53.7 Å². The van der Waals surface area contributed by atoms with Crippen LogP contribution in [-0.2, 0) is 25.2 Å². The number of aliphatic carboxylic acids is 1. The van der Waals surface area contributed by atoms with E-state index in [0.29, 0.717) is 12.2 Å². The number of benzene rings is 1. The van der Waals surface area contributed by atoms with Crippen molar-refractivity contribution in [3.8, 4) is 5.75 Å². The maximum absolute atomic E-state index is 12.3. The highest BCUT2D eigenvalue weighted by Crippen LogP contribution is 2.47. The molecule has 1 amide bonds. The maximum Gasteiger partial charge on any atom is 0.337 e. The molecule has 3 N–H and O–H groups in total. The van der Waals surface area contributed by atoms with Crippen LogP contribution in [0.25, 0.3) is 0 Å². The predicted molar refractivity (Wildman–Crippen MR) is 137 cm³/mol. The van der Waals surface area contributed by atoms with Gasteiger partial charge in [0.2, 0.25) is 11.4 Å². The largest absolute Gasteiger partial charge is 0.507 e. The highest BCUT2D eigenvalue weighted by molar-refractivity contribution is 7.99. The van der Waals surface area contributed by atoms with Crippen LogP contribution in [-0.4, -0.2) is 56.2 Å². The molecule has 0 bridgehead atoms. The number of phenols is 1. The van der Waals surface area contributed by atoms with Gasteiger partial charge >= 0.3 is 5.97 Å². The van der Waals surface area contributed by atoms with Crippen molar-refractivity contribution in [2.75, 3.05) is 12.4 Å². The number of fused-ring (bicyclic) bond motifs is 1. The molecule has 2 atom stereocenters. The van der Waals surface area contributed by atoms with Crippen molar-refractivity contribution >= 4 is 23.6 Å². The molecule has 2 aliphatic rings. The molecule has 2 aliphatic heterocycles. The number of aromatic hydroxyl groups is 1. The summed E-state index contributed by atoms with van der Waals surface area (Å²) in [6.45, 7) is 12.3. The maximum atomic E-state index is 12.3. The average Bonchev–Trinajstić information content (AvgIpc) is 2.98. The first-order chi connectivity index (χ1) is 16.2. The van der Waals surface area contributed by atoms with Gasteiger partial charge in [-0.3, -0.25) is 9.69 Å². The molecular formula is C27H39NO6S. The first-order valence-corrected chi connectivity index (χ1v) is 13.3. The topological polar surface area (TPSA) is 107 Å². The van der Waals surface area contributed by atoms with Crippen LogP contribution in [0, 0.1) is 0 Å². The Morgan fingerprint density at radius 1 is 1.14 bits per heavy atom. The van der Waals surface area contributed by atoms with Crippen molar-refractivity contribution in [1.29, 1.82) is 0 Å². The molecule has 3 rings (SSSR count). The summed E-state index contributed by atoms with van der Waals surface area (Å²) >= 11 is 1.74. The van der Waals surface area contributed by atoms with Crippen LogP contribution in [0.15, 0.2) is 28.9 Å². The molecular weight excluding hydrogens is 466 g/mol. The lowest BCUT2D eigenvalue weighted by molar-refractivity contribution is -0.171. The third kappa shape index (κ3) is 5.33. The molecule has 2 fully saturated rings. The van der Waals surface area contributed by atoms with Crippen molar-refractivity contribution in [3.63, 3.8) is 0 Å². The number of unbranched alkanes of at least 4 members (excludes halogenated alkanes) is 2. The number of nitrogens with zero attached hydrogens (tertiary/aromatic N) is 1. The van der Waals surface area contributed by atoms with Crippen molar-refractivity contribution in [2.45, 2.75) is 101 Å². The van der Waals surface area contributed by atoms with Crippen LogP contribution in [0.2, 0.25) is 0 Å². The Labute approximate surface area is 212 Å². The van der Waals surface area contributed by atoms with Gasteiger partial charge in [-0.15, -0.1) is 11.8 Å². The van der Waals surface area contributed by atoms with Gasteiger partial charge in [0.05, 0.1) is 13.0 Å². The van der Waals surface area contributed by atoms with Crippen LogP contribution >= 0.6 is 11.8 Å². The Balaban J connectivity index is 1.63. The molecule has 35 heavy (non-hydrogen) atoms. The molecule has 0 aromatic heterocycles. The number of ether oxygens (including phenoxy) is 1. The van der Waals surface area contributed by atoms with E-state index in [-0.39, 0.29) is 41.9 Å². The zero-order valence-corrected chi connectivity index (χ0v) is 22.5. The number of β-lactam (4-membered cyclic amide) rings is 1. The van der Waals surface area contributed by atoms with Gasteiger partial charge in [0.25, 0.3) is 0 Å². The van der Waals surface area contributed by atoms with Gasteiger partial charge in [-0.05, 0) is 54.1 Å². The number of carboxylic acid groups (broad SMARTS) is 1. The van der Waals surface area contributed by atoms with E-state index in [9.17, 15) is 24.9 Å². The highest BCUT2D eigenvalue weighted by Gasteiger charge is 2.64. The summed E-state index contributed by atoms with van der Waals surface area (Å²) in [5, 5.41) is 30.3. The van der Waals surface area contributed by atoms with Gasteiger partial charge in [0, 0.05) is 16.0 Å². The third-order valence-electron chi connectivity index (χ3n) is 6.77. The van der Waals surface area contributed by atoms with E-state index in [4.69, 9.17) is 4.74 Å². The Hall–Kier alpha value is -2.19. The van der Waals surface area contributed by atoms with E-state index in [1.54, 1.807) is 11.8 Å².